The van der Waals surface area contributed by atoms with Crippen LogP contribution in [0.4, 0.5) is 0 Å². The molecule has 0 unspecified atom stereocenters. The summed E-state index contributed by atoms with van der Waals surface area (Å²) in [5, 5.41) is -1.63. The third-order valence-corrected chi connectivity index (χ3v) is 0.913. The van der Waals surface area contributed by atoms with Gasteiger partial charge in [-0.1, -0.05) is 8.57 Å². The SMILES string of the molecule is O=[N+](OS(=O)(=O)[O-])OS(=O)(=O)[O-].[Na+]. The standard InChI is InChI=1S/HNO9S2.Na/c2-1(9-11(3,4)5)10-12(6,7)8;/h(H-,3,4,5,6,7,8);/q;+1/p-1. The van der Waals surface area contributed by atoms with Gasteiger partial charge in [-0.05, 0) is 0 Å². The van der Waals surface area contributed by atoms with E-state index in [0.29, 0.717) is 0 Å². The van der Waals surface area contributed by atoms with Crippen molar-refractivity contribution in [3.8, 4) is 0 Å². The van der Waals surface area contributed by atoms with Crippen LogP contribution in [0.3, 0.4) is 0 Å². The molecular formula is NNaO9S2. The number of nitrogens with zero attached hydrogens (tertiary/aromatic N) is 1. The molecule has 0 saturated heterocycles. The first-order valence-electron chi connectivity index (χ1n) is 1.88. The Hall–Kier alpha value is 0.0200. The van der Waals surface area contributed by atoms with Gasteiger partial charge in [-0.3, -0.25) is 0 Å². The van der Waals surface area contributed by atoms with Gasteiger partial charge in [-0.2, -0.15) is 16.8 Å². The molecule has 0 amide bonds. The van der Waals surface area contributed by atoms with E-state index in [2.05, 4.69) is 8.57 Å². The second-order valence-corrected chi connectivity index (χ2v) is 3.12. The molecule has 0 fully saturated rings. The van der Waals surface area contributed by atoms with Gasteiger partial charge < -0.3 is 9.11 Å². The fourth-order valence-electron chi connectivity index (χ4n) is 0.161. The summed E-state index contributed by atoms with van der Waals surface area (Å²) in [7, 11) is -10.9. The molecule has 0 saturated carbocycles. The Morgan fingerprint density at radius 1 is 0.923 bits per heavy atom. The molecule has 0 atom stereocenters. The molecule has 10 nitrogen and oxygen atoms in total. The van der Waals surface area contributed by atoms with Crippen molar-refractivity contribution in [2.24, 2.45) is 0 Å². The molecule has 0 heterocycles. The first kappa shape index (κ1) is 15.5. The van der Waals surface area contributed by atoms with Gasteiger partial charge in [0.15, 0.2) is 0 Å². The Morgan fingerprint density at radius 3 is 1.31 bits per heavy atom. The molecule has 13 heteroatoms. The molecule has 0 aliphatic carbocycles. The van der Waals surface area contributed by atoms with E-state index in [1.54, 1.807) is 0 Å². The Kier molecular flexibility index (Phi) is 6.00. The molecule has 13 heavy (non-hydrogen) atoms. The second-order valence-electron chi connectivity index (χ2n) is 1.19. The average molecular weight is 245 g/mol. The summed E-state index contributed by atoms with van der Waals surface area (Å²) in [5.74, 6) is 0. The van der Waals surface area contributed by atoms with Crippen molar-refractivity contribution < 1.29 is 69.2 Å². The van der Waals surface area contributed by atoms with Gasteiger partial charge in [-0.15, -0.1) is 0 Å². The van der Waals surface area contributed by atoms with E-state index in [1.165, 1.54) is 0 Å². The monoisotopic (exact) mass is 245 g/mol. The average Bonchev–Trinajstić information content (AvgIpc) is 1.49. The maximum Gasteiger partial charge on any atom is 1.00 e. The van der Waals surface area contributed by atoms with E-state index in [4.69, 9.17) is 0 Å². The molecule has 0 bridgehead atoms. The van der Waals surface area contributed by atoms with Crippen molar-refractivity contribution in [3.63, 3.8) is 0 Å². The van der Waals surface area contributed by atoms with Crippen molar-refractivity contribution in [2.45, 2.75) is 0 Å². The third-order valence-electron chi connectivity index (χ3n) is 0.304. The fraction of sp³-hybridized carbons (Fsp3) is 0. The Bertz CT molecular complexity index is 324. The van der Waals surface area contributed by atoms with Crippen molar-refractivity contribution in [2.75, 3.05) is 0 Å². The Morgan fingerprint density at radius 2 is 1.15 bits per heavy atom. The first-order valence-corrected chi connectivity index (χ1v) is 4.55. The van der Waals surface area contributed by atoms with E-state index < -0.39 is 25.9 Å². The van der Waals surface area contributed by atoms with Crippen LogP contribution >= 0.6 is 0 Å². The maximum atomic E-state index is 9.79. The Balaban J connectivity index is 0. The van der Waals surface area contributed by atoms with Crippen LogP contribution in [0.2, 0.25) is 0 Å². The molecule has 72 valence electrons. The molecule has 0 spiro atoms. The van der Waals surface area contributed by atoms with Gasteiger partial charge in [0.1, 0.15) is 4.91 Å². The van der Waals surface area contributed by atoms with Crippen LogP contribution in [0.5, 0.6) is 0 Å². The zero-order chi connectivity index (χ0) is 9.99. The first-order chi connectivity index (χ1) is 5.10. The molecule has 0 aliphatic heterocycles. The minimum absolute atomic E-state index is 0. The van der Waals surface area contributed by atoms with Crippen LogP contribution in [0, 0.1) is 4.91 Å². The van der Waals surface area contributed by atoms with Gasteiger partial charge in [0, 0.05) is 0 Å². The molecule has 0 radical (unpaired) electrons. The zero-order valence-electron chi connectivity index (χ0n) is 5.94. The molecule has 0 aromatic heterocycles. The van der Waals surface area contributed by atoms with Gasteiger partial charge in [0.25, 0.3) is 0 Å². The summed E-state index contributed by atoms with van der Waals surface area (Å²) in [5.41, 5.74) is 0. The second kappa shape index (κ2) is 5.04. The summed E-state index contributed by atoms with van der Waals surface area (Å²) in [6.45, 7) is 0. The number of hydrogen-bond donors (Lipinski definition) is 0. The minimum Gasteiger partial charge on any atom is -0.711 e. The predicted octanol–water partition coefficient (Wildman–Crippen LogP) is -5.45. The quantitative estimate of drug-likeness (QED) is 0.204. The van der Waals surface area contributed by atoms with Crippen LogP contribution < -0.4 is 29.6 Å². The summed E-state index contributed by atoms with van der Waals surface area (Å²) < 4.78 is 62.6. The van der Waals surface area contributed by atoms with Crippen LogP contribution in [-0.2, 0) is 29.4 Å². The van der Waals surface area contributed by atoms with E-state index in [9.17, 15) is 30.8 Å². The van der Waals surface area contributed by atoms with Crippen molar-refractivity contribution >= 4 is 20.8 Å². The normalized spacial score (nSPS) is 11.2. The topological polar surface area (TPSA) is 153 Å². The van der Waals surface area contributed by atoms with Gasteiger partial charge in [0.05, 0.1) is 0 Å². The number of rotatable bonds is 4. The van der Waals surface area contributed by atoms with E-state index in [0.717, 1.165) is 0 Å². The van der Waals surface area contributed by atoms with Crippen LogP contribution in [-0.4, -0.2) is 31.0 Å². The van der Waals surface area contributed by atoms with Crippen molar-refractivity contribution in [3.05, 3.63) is 4.91 Å². The fourth-order valence-corrected chi connectivity index (χ4v) is 0.559. The van der Waals surface area contributed by atoms with Gasteiger partial charge >= 0.3 is 55.4 Å². The largest absolute Gasteiger partial charge is 1.00 e. The maximum absolute atomic E-state index is 9.79. The van der Waals surface area contributed by atoms with Crippen LogP contribution in [0.25, 0.3) is 0 Å². The van der Waals surface area contributed by atoms with Crippen LogP contribution in [0.15, 0.2) is 0 Å². The summed E-state index contributed by atoms with van der Waals surface area (Å²) >= 11 is 0. The summed E-state index contributed by atoms with van der Waals surface area (Å²) in [6.07, 6.45) is 0. The number of hydrogen-bond acceptors (Lipinski definition) is 9. The van der Waals surface area contributed by atoms with Gasteiger partial charge in [-0.25, -0.2) is 0 Å². The van der Waals surface area contributed by atoms with E-state index in [-0.39, 0.29) is 29.6 Å². The molecule has 0 N–H and O–H groups in total. The van der Waals surface area contributed by atoms with E-state index >= 15 is 0 Å². The summed E-state index contributed by atoms with van der Waals surface area (Å²) in [6, 6.07) is 0. The zero-order valence-corrected chi connectivity index (χ0v) is 9.57. The smallest absolute Gasteiger partial charge is 0.711 e. The van der Waals surface area contributed by atoms with Gasteiger partial charge in [0.2, 0.25) is 0 Å². The van der Waals surface area contributed by atoms with E-state index in [1.807, 2.05) is 0 Å². The molecule has 0 aromatic rings. The molecule has 0 rings (SSSR count). The third kappa shape index (κ3) is 12.0. The van der Waals surface area contributed by atoms with Crippen LogP contribution in [0.1, 0.15) is 0 Å². The Labute approximate surface area is 94.5 Å². The molecule has 0 aromatic carbocycles. The predicted molar refractivity (Wildman–Crippen MR) is 25.2 cm³/mol. The summed E-state index contributed by atoms with van der Waals surface area (Å²) in [4.78, 5) is 9.79. The minimum atomic E-state index is -5.46. The van der Waals surface area contributed by atoms with Crippen molar-refractivity contribution in [1.29, 1.82) is 0 Å². The molecule has 0 aliphatic rings. The van der Waals surface area contributed by atoms with Crippen molar-refractivity contribution in [1.82, 2.24) is 0 Å². The molecular weight excluding hydrogens is 245 g/mol.